The molecule has 3 aliphatic rings. The van der Waals surface area contributed by atoms with Crippen molar-refractivity contribution in [2.45, 2.75) is 25.9 Å². The van der Waals surface area contributed by atoms with Crippen molar-refractivity contribution in [3.8, 4) is 16.3 Å². The van der Waals surface area contributed by atoms with Crippen LogP contribution in [0.1, 0.15) is 33.9 Å². The molecule has 32 heavy (non-hydrogen) atoms. The largest absolute Gasteiger partial charge is 0.503 e. The number of aromatic nitrogens is 3. The van der Waals surface area contributed by atoms with E-state index in [-0.39, 0.29) is 39.6 Å². The number of amides is 1. The van der Waals surface area contributed by atoms with Crippen LogP contribution < -0.4 is 5.43 Å². The molecule has 0 unspecified atom stereocenters. The van der Waals surface area contributed by atoms with Gasteiger partial charge >= 0.3 is 0 Å². The average molecular weight is 457 g/mol. The number of fused-ring (bicyclic) bond motifs is 2. The van der Waals surface area contributed by atoms with Crippen molar-refractivity contribution in [2.24, 2.45) is 5.41 Å². The molecule has 1 N–H and O–H groups in total. The fourth-order valence-electron chi connectivity index (χ4n) is 4.46. The first kappa shape index (κ1) is 19.5. The number of hydrogen-bond acceptors (Lipinski definition) is 7. The van der Waals surface area contributed by atoms with Gasteiger partial charge in [-0.3, -0.25) is 14.6 Å². The van der Waals surface area contributed by atoms with E-state index in [9.17, 15) is 23.5 Å². The van der Waals surface area contributed by atoms with Crippen LogP contribution in [0.3, 0.4) is 0 Å². The zero-order valence-corrected chi connectivity index (χ0v) is 17.5. The van der Waals surface area contributed by atoms with E-state index in [4.69, 9.17) is 0 Å². The molecule has 2 aromatic heterocycles. The zero-order valence-electron chi connectivity index (χ0n) is 16.7. The van der Waals surface area contributed by atoms with Gasteiger partial charge in [0.2, 0.25) is 5.43 Å². The van der Waals surface area contributed by atoms with Gasteiger partial charge in [0, 0.05) is 37.2 Å². The van der Waals surface area contributed by atoms with Crippen LogP contribution in [0.2, 0.25) is 0 Å². The second-order valence-corrected chi connectivity index (χ2v) is 9.68. The van der Waals surface area contributed by atoms with Crippen LogP contribution in [0.25, 0.3) is 10.6 Å². The lowest BCUT2D eigenvalue weighted by atomic mass is 10.1. The van der Waals surface area contributed by atoms with Crippen molar-refractivity contribution in [1.29, 1.82) is 0 Å². The van der Waals surface area contributed by atoms with Crippen LogP contribution in [0, 0.1) is 17.0 Å². The molecular weight excluding hydrogens is 440 g/mol. The quantitative estimate of drug-likeness (QED) is 0.649. The minimum atomic E-state index is -0.700. The topological polar surface area (TPSA) is 91.6 Å². The average Bonchev–Trinajstić information content (AvgIpc) is 3.17. The Kier molecular flexibility index (Phi) is 4.06. The van der Waals surface area contributed by atoms with Crippen LogP contribution >= 0.6 is 11.3 Å². The first-order valence-corrected chi connectivity index (χ1v) is 11.0. The summed E-state index contributed by atoms with van der Waals surface area (Å²) >= 11 is 1.08. The van der Waals surface area contributed by atoms with Crippen molar-refractivity contribution >= 4 is 17.2 Å². The van der Waals surface area contributed by atoms with E-state index in [1.54, 1.807) is 9.58 Å². The normalized spacial score (nSPS) is 18.8. The Morgan fingerprint density at radius 1 is 1.16 bits per heavy atom. The van der Waals surface area contributed by atoms with Gasteiger partial charge in [0.15, 0.2) is 16.5 Å². The smallest absolute Gasteiger partial charge is 0.288 e. The lowest BCUT2D eigenvalue weighted by Gasteiger charge is -2.35. The van der Waals surface area contributed by atoms with Crippen molar-refractivity contribution in [3.63, 3.8) is 0 Å². The predicted octanol–water partition coefficient (Wildman–Crippen LogP) is 2.37. The maximum absolute atomic E-state index is 14.0. The molecule has 1 saturated carbocycles. The number of halogens is 2. The molecule has 0 bridgehead atoms. The van der Waals surface area contributed by atoms with Gasteiger partial charge in [-0.05, 0) is 24.5 Å². The summed E-state index contributed by atoms with van der Waals surface area (Å²) in [5.74, 6) is -2.34. The minimum Gasteiger partial charge on any atom is -0.503 e. The van der Waals surface area contributed by atoms with Crippen LogP contribution in [-0.4, -0.2) is 48.9 Å². The van der Waals surface area contributed by atoms with Crippen molar-refractivity contribution in [2.75, 3.05) is 13.1 Å². The first-order valence-electron chi connectivity index (χ1n) is 10.1. The number of hydrazine groups is 1. The van der Waals surface area contributed by atoms with Gasteiger partial charge in [0.1, 0.15) is 16.6 Å². The molecular formula is C21H17F2N5O3S. The molecule has 1 saturated heterocycles. The minimum absolute atomic E-state index is 0.0224. The van der Waals surface area contributed by atoms with E-state index in [0.717, 1.165) is 36.8 Å². The Bertz CT molecular complexity index is 1350. The van der Waals surface area contributed by atoms with Crippen molar-refractivity contribution in [3.05, 3.63) is 62.5 Å². The molecule has 1 amide bonds. The number of hydrogen-bond donors (Lipinski definition) is 1. The van der Waals surface area contributed by atoms with Gasteiger partial charge in [-0.2, -0.15) is 5.01 Å². The molecule has 0 radical (unpaired) electrons. The fraction of sp³-hybridized carbons (Fsp3) is 0.333. The Balaban J connectivity index is 1.34. The highest BCUT2D eigenvalue weighted by molar-refractivity contribution is 7.14. The molecule has 2 aliphatic heterocycles. The highest BCUT2D eigenvalue weighted by Crippen LogP contribution is 2.51. The summed E-state index contributed by atoms with van der Waals surface area (Å²) in [4.78, 5) is 25.8. The lowest BCUT2D eigenvalue weighted by Crippen LogP contribution is -2.48. The molecule has 2 fully saturated rings. The molecule has 6 rings (SSSR count). The molecule has 0 atom stereocenters. The Morgan fingerprint density at radius 2 is 1.97 bits per heavy atom. The standard InChI is InChI=1S/C21H17F2N5O3S/c22-12-2-1-11(14(23)6-12)5-15-24-25-19(32-15)13-7-26-10-27-8-21(3-4-21)9-28(27)20(31)16(26)18(30)17(13)29/h1-2,6-7,30H,3-5,8-10H2. The van der Waals surface area contributed by atoms with Crippen molar-refractivity contribution in [1.82, 2.24) is 24.8 Å². The summed E-state index contributed by atoms with van der Waals surface area (Å²) in [7, 11) is 0. The monoisotopic (exact) mass is 457 g/mol. The summed E-state index contributed by atoms with van der Waals surface area (Å²) in [6.07, 6.45) is 3.75. The van der Waals surface area contributed by atoms with Gasteiger partial charge in [0.25, 0.3) is 5.91 Å². The SMILES string of the molecule is O=C1c2c(O)c(=O)c(-c3nnc(Cc4ccc(F)cc4F)s3)cn2CN2CC3(CC3)CN12. The number of aromatic hydroxyl groups is 1. The fourth-order valence-corrected chi connectivity index (χ4v) is 5.33. The van der Waals surface area contributed by atoms with Gasteiger partial charge in [0.05, 0.1) is 12.2 Å². The predicted molar refractivity (Wildman–Crippen MR) is 110 cm³/mol. The second-order valence-electron chi connectivity index (χ2n) is 8.62. The molecule has 1 spiro atoms. The Labute approximate surface area is 184 Å². The third kappa shape index (κ3) is 2.95. The summed E-state index contributed by atoms with van der Waals surface area (Å²) in [5, 5.41) is 22.9. The number of carbonyl (C=O) groups excluding carboxylic acids is 1. The summed E-state index contributed by atoms with van der Waals surface area (Å²) in [5.41, 5.74) is -0.204. The van der Waals surface area contributed by atoms with Crippen molar-refractivity contribution < 1.29 is 18.7 Å². The van der Waals surface area contributed by atoms with E-state index in [1.165, 1.54) is 18.3 Å². The summed E-state index contributed by atoms with van der Waals surface area (Å²) < 4.78 is 28.7. The number of carbonyl (C=O) groups is 1. The second kappa shape index (κ2) is 6.66. The molecule has 8 nitrogen and oxygen atoms in total. The number of benzene rings is 1. The van der Waals surface area contributed by atoms with Crippen LogP contribution in [-0.2, 0) is 13.1 Å². The highest BCUT2D eigenvalue weighted by atomic mass is 32.1. The van der Waals surface area contributed by atoms with Gasteiger partial charge in [-0.25, -0.2) is 8.78 Å². The maximum Gasteiger partial charge on any atom is 0.288 e. The molecule has 1 aromatic carbocycles. The van der Waals surface area contributed by atoms with Gasteiger partial charge < -0.3 is 9.67 Å². The Hall–Kier alpha value is -3.18. The highest BCUT2D eigenvalue weighted by Gasteiger charge is 2.54. The van der Waals surface area contributed by atoms with Crippen LogP contribution in [0.4, 0.5) is 8.78 Å². The number of nitrogens with zero attached hydrogens (tertiary/aromatic N) is 5. The van der Waals surface area contributed by atoms with Gasteiger partial charge in [-0.15, -0.1) is 10.2 Å². The summed E-state index contributed by atoms with van der Waals surface area (Å²) in [6.45, 7) is 1.73. The molecule has 164 valence electrons. The molecule has 11 heteroatoms. The third-order valence-corrected chi connectivity index (χ3v) is 7.32. The zero-order chi connectivity index (χ0) is 22.2. The summed E-state index contributed by atoms with van der Waals surface area (Å²) in [6, 6.07) is 3.31. The van der Waals surface area contributed by atoms with E-state index < -0.39 is 22.8 Å². The molecule has 3 aromatic rings. The number of pyridine rings is 1. The first-order chi connectivity index (χ1) is 15.3. The molecule has 4 heterocycles. The maximum atomic E-state index is 14.0. The van der Waals surface area contributed by atoms with E-state index in [0.29, 0.717) is 18.2 Å². The van der Waals surface area contributed by atoms with E-state index in [2.05, 4.69) is 10.2 Å². The van der Waals surface area contributed by atoms with Crippen LogP contribution in [0.5, 0.6) is 5.75 Å². The molecule has 1 aliphatic carbocycles. The van der Waals surface area contributed by atoms with Crippen LogP contribution in [0.15, 0.2) is 29.2 Å². The van der Waals surface area contributed by atoms with E-state index >= 15 is 0 Å². The Morgan fingerprint density at radius 3 is 2.72 bits per heavy atom. The van der Waals surface area contributed by atoms with Gasteiger partial charge in [-0.1, -0.05) is 17.4 Å². The third-order valence-electron chi connectivity index (χ3n) is 6.36. The van der Waals surface area contributed by atoms with E-state index in [1.807, 2.05) is 5.01 Å². The number of rotatable bonds is 3. The lowest BCUT2D eigenvalue weighted by molar-refractivity contribution is -0.0100.